The number of aromatic nitrogens is 1. The van der Waals surface area contributed by atoms with Crippen LogP contribution in [-0.4, -0.2) is 4.98 Å². The van der Waals surface area contributed by atoms with Gasteiger partial charge in [0.1, 0.15) is 10.9 Å². The van der Waals surface area contributed by atoms with Crippen LogP contribution in [0.1, 0.15) is 11.1 Å². The third-order valence-corrected chi connectivity index (χ3v) is 2.95. The number of nitrogens with zero attached hydrogens (tertiary/aromatic N) is 2. The molecular formula is C13H8BrClN2O. The zero-order valence-corrected chi connectivity index (χ0v) is 11.8. The molecule has 0 unspecified atom stereocenters. The Hall–Kier alpha value is -1.57. The van der Waals surface area contributed by atoms with Gasteiger partial charge in [0.2, 0.25) is 5.88 Å². The van der Waals surface area contributed by atoms with E-state index in [1.807, 2.05) is 31.2 Å². The molecule has 0 aliphatic rings. The predicted molar refractivity (Wildman–Crippen MR) is 72.9 cm³/mol. The highest BCUT2D eigenvalue weighted by atomic mass is 79.9. The van der Waals surface area contributed by atoms with Crippen molar-refractivity contribution in [2.75, 3.05) is 0 Å². The van der Waals surface area contributed by atoms with E-state index < -0.39 is 0 Å². The van der Waals surface area contributed by atoms with Gasteiger partial charge in [0.05, 0.1) is 11.6 Å². The molecule has 0 fully saturated rings. The van der Waals surface area contributed by atoms with E-state index in [-0.39, 0.29) is 5.15 Å². The molecule has 0 spiro atoms. The van der Waals surface area contributed by atoms with Crippen LogP contribution in [0, 0.1) is 18.3 Å². The molecule has 18 heavy (non-hydrogen) atoms. The largest absolute Gasteiger partial charge is 0.439 e. The van der Waals surface area contributed by atoms with Crippen LogP contribution >= 0.6 is 27.5 Å². The number of hydrogen-bond acceptors (Lipinski definition) is 3. The molecule has 5 heteroatoms. The van der Waals surface area contributed by atoms with Crippen LogP contribution in [0.15, 0.2) is 34.8 Å². The molecule has 90 valence electrons. The Morgan fingerprint density at radius 1 is 1.33 bits per heavy atom. The van der Waals surface area contributed by atoms with Gasteiger partial charge in [-0.3, -0.25) is 0 Å². The van der Waals surface area contributed by atoms with Crippen LogP contribution in [0.5, 0.6) is 11.6 Å². The second kappa shape index (κ2) is 5.38. The number of ether oxygens (including phenoxy) is 1. The maximum atomic E-state index is 8.85. The molecule has 0 aliphatic carbocycles. The second-order valence-corrected chi connectivity index (χ2v) is 4.94. The van der Waals surface area contributed by atoms with Crippen molar-refractivity contribution in [2.45, 2.75) is 6.92 Å². The average Bonchev–Trinajstić information content (AvgIpc) is 2.33. The van der Waals surface area contributed by atoms with Gasteiger partial charge < -0.3 is 4.74 Å². The highest BCUT2D eigenvalue weighted by Gasteiger charge is 2.06. The molecule has 0 bridgehead atoms. The minimum Gasteiger partial charge on any atom is -0.439 e. The maximum Gasteiger partial charge on any atom is 0.221 e. The molecule has 0 aliphatic heterocycles. The molecule has 3 nitrogen and oxygen atoms in total. The van der Waals surface area contributed by atoms with Gasteiger partial charge in [-0.2, -0.15) is 5.26 Å². The minimum atomic E-state index is 0.233. The molecule has 1 aromatic carbocycles. The summed E-state index contributed by atoms with van der Waals surface area (Å²) < 4.78 is 6.54. The molecule has 0 radical (unpaired) electrons. The molecule has 0 saturated heterocycles. The summed E-state index contributed by atoms with van der Waals surface area (Å²) in [6.45, 7) is 1.93. The van der Waals surface area contributed by atoms with Gasteiger partial charge in [-0.25, -0.2) is 4.98 Å². The molecule has 0 saturated carbocycles. The highest BCUT2D eigenvalue weighted by molar-refractivity contribution is 9.10. The van der Waals surface area contributed by atoms with E-state index in [1.54, 1.807) is 6.07 Å². The SMILES string of the molecule is Cc1ccc(Br)cc1Oc1cc(C#N)cc(Cl)n1. The Morgan fingerprint density at radius 3 is 2.83 bits per heavy atom. The molecule has 2 aromatic rings. The summed E-state index contributed by atoms with van der Waals surface area (Å²) in [6, 6.07) is 10.7. The molecule has 1 aromatic heterocycles. The monoisotopic (exact) mass is 322 g/mol. The predicted octanol–water partition coefficient (Wildman–Crippen LogP) is 4.47. The number of halogens is 2. The minimum absolute atomic E-state index is 0.233. The van der Waals surface area contributed by atoms with Crippen molar-refractivity contribution in [3.8, 4) is 17.7 Å². The molecule has 1 heterocycles. The second-order valence-electron chi connectivity index (χ2n) is 3.64. The van der Waals surface area contributed by atoms with Crippen molar-refractivity contribution < 1.29 is 4.74 Å². The smallest absolute Gasteiger partial charge is 0.221 e. The van der Waals surface area contributed by atoms with Crippen molar-refractivity contribution in [3.05, 3.63) is 51.1 Å². The van der Waals surface area contributed by atoms with Crippen molar-refractivity contribution in [1.82, 2.24) is 4.98 Å². The summed E-state index contributed by atoms with van der Waals surface area (Å²) in [5.41, 5.74) is 1.39. The molecule has 0 atom stereocenters. The van der Waals surface area contributed by atoms with E-state index in [4.69, 9.17) is 21.6 Å². The van der Waals surface area contributed by atoms with E-state index in [9.17, 15) is 0 Å². The Bertz CT molecular complexity index is 637. The standard InChI is InChI=1S/C13H8BrClN2O/c1-8-2-3-10(14)6-11(8)18-13-5-9(7-16)4-12(15)17-13/h2-6H,1H3. The van der Waals surface area contributed by atoms with Crippen molar-refractivity contribution >= 4 is 27.5 Å². The third kappa shape index (κ3) is 3.00. The average molecular weight is 324 g/mol. The zero-order chi connectivity index (χ0) is 13.1. The third-order valence-electron chi connectivity index (χ3n) is 2.26. The highest BCUT2D eigenvalue weighted by Crippen LogP contribution is 2.28. The van der Waals surface area contributed by atoms with E-state index in [0.717, 1.165) is 10.0 Å². The fourth-order valence-corrected chi connectivity index (χ4v) is 1.93. The first-order valence-corrected chi connectivity index (χ1v) is 6.27. The van der Waals surface area contributed by atoms with Gasteiger partial charge in [-0.05, 0) is 30.7 Å². The van der Waals surface area contributed by atoms with Gasteiger partial charge in [0, 0.05) is 10.5 Å². The summed E-state index contributed by atoms with van der Waals surface area (Å²) in [5.74, 6) is 0.975. The Morgan fingerprint density at radius 2 is 2.11 bits per heavy atom. The lowest BCUT2D eigenvalue weighted by molar-refractivity contribution is 0.459. The lowest BCUT2D eigenvalue weighted by atomic mass is 10.2. The summed E-state index contributed by atoms with van der Waals surface area (Å²) in [6.07, 6.45) is 0. The van der Waals surface area contributed by atoms with E-state index in [0.29, 0.717) is 17.2 Å². The first kappa shape index (κ1) is 12.9. The number of benzene rings is 1. The zero-order valence-electron chi connectivity index (χ0n) is 9.45. The topological polar surface area (TPSA) is 45.9 Å². The maximum absolute atomic E-state index is 8.85. The Labute approximate surface area is 118 Å². The van der Waals surface area contributed by atoms with Gasteiger partial charge in [0.15, 0.2) is 0 Å². The Balaban J connectivity index is 2.37. The van der Waals surface area contributed by atoms with Crippen LogP contribution in [0.2, 0.25) is 5.15 Å². The lowest BCUT2D eigenvalue weighted by Gasteiger charge is -2.08. The van der Waals surface area contributed by atoms with Gasteiger partial charge in [-0.15, -0.1) is 0 Å². The molecular weight excluding hydrogens is 316 g/mol. The van der Waals surface area contributed by atoms with Crippen LogP contribution in [0.4, 0.5) is 0 Å². The van der Waals surface area contributed by atoms with E-state index in [1.165, 1.54) is 6.07 Å². The fraction of sp³-hybridized carbons (Fsp3) is 0.0769. The van der Waals surface area contributed by atoms with Crippen molar-refractivity contribution in [1.29, 1.82) is 5.26 Å². The lowest BCUT2D eigenvalue weighted by Crippen LogP contribution is -1.92. The Kier molecular flexibility index (Phi) is 3.85. The van der Waals surface area contributed by atoms with Gasteiger partial charge in [0.25, 0.3) is 0 Å². The number of rotatable bonds is 2. The first-order chi connectivity index (χ1) is 8.58. The summed E-state index contributed by atoms with van der Waals surface area (Å²) in [4.78, 5) is 4.02. The summed E-state index contributed by atoms with van der Waals surface area (Å²) in [7, 11) is 0. The fourth-order valence-electron chi connectivity index (χ4n) is 1.39. The quantitative estimate of drug-likeness (QED) is 0.766. The molecule has 2 rings (SSSR count). The van der Waals surface area contributed by atoms with Crippen LogP contribution in [-0.2, 0) is 0 Å². The van der Waals surface area contributed by atoms with Crippen LogP contribution in [0.3, 0.4) is 0 Å². The normalized spacial score (nSPS) is 9.89. The number of hydrogen-bond donors (Lipinski definition) is 0. The van der Waals surface area contributed by atoms with Crippen molar-refractivity contribution in [2.24, 2.45) is 0 Å². The first-order valence-electron chi connectivity index (χ1n) is 5.10. The van der Waals surface area contributed by atoms with Crippen molar-refractivity contribution in [3.63, 3.8) is 0 Å². The van der Waals surface area contributed by atoms with E-state index >= 15 is 0 Å². The van der Waals surface area contributed by atoms with Crippen LogP contribution < -0.4 is 4.74 Å². The number of nitriles is 1. The van der Waals surface area contributed by atoms with Gasteiger partial charge >= 0.3 is 0 Å². The molecule has 0 N–H and O–H groups in total. The van der Waals surface area contributed by atoms with Crippen LogP contribution in [0.25, 0.3) is 0 Å². The van der Waals surface area contributed by atoms with E-state index in [2.05, 4.69) is 20.9 Å². The summed E-state index contributed by atoms with van der Waals surface area (Å²) >= 11 is 9.19. The van der Waals surface area contributed by atoms with Gasteiger partial charge in [-0.1, -0.05) is 33.6 Å². The number of pyridine rings is 1. The summed E-state index contributed by atoms with van der Waals surface area (Å²) in [5, 5.41) is 9.08. The number of aryl methyl sites for hydroxylation is 1. The molecule has 0 amide bonds.